The van der Waals surface area contributed by atoms with Crippen LogP contribution in [0.2, 0.25) is 5.04 Å². The molecule has 2 aromatic rings. The van der Waals surface area contributed by atoms with Gasteiger partial charge in [0.25, 0.3) is 8.32 Å². The molecule has 0 bridgehead atoms. The summed E-state index contributed by atoms with van der Waals surface area (Å²) < 4.78 is 13.4. The molecule has 0 aromatic heterocycles. The highest BCUT2D eigenvalue weighted by atomic mass is 28.4. The van der Waals surface area contributed by atoms with Crippen molar-refractivity contribution in [1.82, 2.24) is 0 Å². The monoisotopic (exact) mass is 521 g/mol. The summed E-state index contributed by atoms with van der Waals surface area (Å²) >= 11 is 0. The second kappa shape index (κ2) is 11.8. The number of fused-ring (bicyclic) bond motifs is 1. The van der Waals surface area contributed by atoms with Gasteiger partial charge in [-0.25, -0.2) is 0 Å². The van der Waals surface area contributed by atoms with Gasteiger partial charge in [0.15, 0.2) is 0 Å². The molecule has 37 heavy (non-hydrogen) atoms. The lowest BCUT2D eigenvalue weighted by Gasteiger charge is -2.46. The Morgan fingerprint density at radius 1 is 1.05 bits per heavy atom. The van der Waals surface area contributed by atoms with E-state index in [1.807, 2.05) is 43.3 Å². The maximum atomic E-state index is 12.6. The summed E-state index contributed by atoms with van der Waals surface area (Å²) in [5, 5.41) is 20.5. The highest BCUT2D eigenvalue weighted by molar-refractivity contribution is 6.98. The Morgan fingerprint density at radius 3 is 2.24 bits per heavy atom. The Morgan fingerprint density at radius 2 is 1.68 bits per heavy atom. The van der Waals surface area contributed by atoms with Crippen molar-refractivity contribution in [2.45, 2.75) is 101 Å². The number of nitriles is 1. The minimum absolute atomic E-state index is 0.0174. The Kier molecular flexibility index (Phi) is 8.93. The molecular weight excluding hydrogens is 478 g/mol. The van der Waals surface area contributed by atoms with Crippen LogP contribution in [-0.2, 0) is 9.47 Å². The van der Waals surface area contributed by atoms with E-state index in [0.717, 1.165) is 61.7 Å². The Hall–Kier alpha value is -2.01. The van der Waals surface area contributed by atoms with Crippen molar-refractivity contribution < 1.29 is 19.4 Å². The zero-order valence-corrected chi connectivity index (χ0v) is 23.6. The molecule has 5 nitrogen and oxygen atoms in total. The summed E-state index contributed by atoms with van der Waals surface area (Å²) in [5.41, 5.74) is -0.418. The number of aliphatic hydroxyl groups excluding tert-OH is 1. The minimum atomic E-state index is -3.12. The van der Waals surface area contributed by atoms with E-state index in [9.17, 15) is 15.2 Å². The van der Waals surface area contributed by atoms with E-state index in [-0.39, 0.29) is 35.9 Å². The zero-order chi connectivity index (χ0) is 26.5. The van der Waals surface area contributed by atoms with Gasteiger partial charge in [0.2, 0.25) is 0 Å². The molecule has 2 saturated heterocycles. The standard InChI is InChI=1S/C31H43NO4Si/c1-24(23-32)21-25-16-17-29-31(36-25,22-26(35-29)11-10-20-33)19-18-30(2,3)37(34,27-12-6-4-7-13-27)28-14-8-5-9-15-28/h4-9,12-15,24-26,29,33-34H,10-11,16-22H2,1-3H3/t24-,25?,26?,29?,31?/m1/s1. The summed E-state index contributed by atoms with van der Waals surface area (Å²) in [6.07, 6.45) is 6.67. The first kappa shape index (κ1) is 28.0. The minimum Gasteiger partial charge on any atom is -0.424 e. The van der Waals surface area contributed by atoms with E-state index in [0.29, 0.717) is 0 Å². The van der Waals surface area contributed by atoms with Crippen LogP contribution in [0, 0.1) is 17.2 Å². The third kappa shape index (κ3) is 5.87. The van der Waals surface area contributed by atoms with Crippen LogP contribution in [0.1, 0.15) is 72.1 Å². The fourth-order valence-corrected chi connectivity index (χ4v) is 10.3. The summed E-state index contributed by atoms with van der Waals surface area (Å²) in [7, 11) is -3.12. The second-order valence-electron chi connectivity index (χ2n) is 11.8. The van der Waals surface area contributed by atoms with Gasteiger partial charge in [-0.1, -0.05) is 74.5 Å². The van der Waals surface area contributed by atoms with E-state index in [4.69, 9.17) is 9.47 Å². The average molecular weight is 522 g/mol. The number of ether oxygens (including phenoxy) is 2. The largest absolute Gasteiger partial charge is 0.424 e. The lowest BCUT2D eigenvalue weighted by molar-refractivity contribution is -0.173. The summed E-state index contributed by atoms with van der Waals surface area (Å²) in [4.78, 5) is 12.6. The Bertz CT molecular complexity index is 1000. The lowest BCUT2D eigenvalue weighted by Crippen LogP contribution is -2.65. The maximum Gasteiger partial charge on any atom is 0.258 e. The summed E-state index contributed by atoms with van der Waals surface area (Å²) in [6, 6.07) is 22.7. The Balaban J connectivity index is 1.62. The molecule has 6 heteroatoms. The molecule has 0 radical (unpaired) electrons. The van der Waals surface area contributed by atoms with E-state index in [1.54, 1.807) is 0 Å². The Labute approximate surface area is 223 Å². The number of hydrogen-bond donors (Lipinski definition) is 2. The fourth-order valence-electron chi connectivity index (χ4n) is 6.54. The molecule has 0 spiro atoms. The maximum absolute atomic E-state index is 12.6. The van der Waals surface area contributed by atoms with Crippen LogP contribution in [-0.4, -0.2) is 48.7 Å². The van der Waals surface area contributed by atoms with Gasteiger partial charge in [0.05, 0.1) is 30.0 Å². The topological polar surface area (TPSA) is 82.7 Å². The first-order valence-corrected chi connectivity index (χ1v) is 15.9. The van der Waals surface area contributed by atoms with Crippen molar-refractivity contribution in [2.24, 2.45) is 5.92 Å². The SMILES string of the molecule is C[C@@H](C#N)CC1CCC2OC(CCCO)CC2(CCC(C)(C)[Si](O)(c2ccccc2)c2ccccc2)O1. The molecule has 200 valence electrons. The van der Waals surface area contributed by atoms with Crippen LogP contribution in [0.25, 0.3) is 0 Å². The lowest BCUT2D eigenvalue weighted by atomic mass is 9.80. The predicted octanol–water partition coefficient (Wildman–Crippen LogP) is 4.70. The number of hydrogen-bond acceptors (Lipinski definition) is 5. The number of rotatable bonds is 11. The third-order valence-corrected chi connectivity index (χ3v) is 13.3. The molecule has 0 aliphatic carbocycles. The van der Waals surface area contributed by atoms with Crippen LogP contribution < -0.4 is 10.4 Å². The fraction of sp³-hybridized carbons (Fsp3) is 0.581. The molecule has 4 rings (SSSR count). The number of benzene rings is 2. The number of nitrogens with zero attached hydrogens (tertiary/aromatic N) is 1. The smallest absolute Gasteiger partial charge is 0.258 e. The quantitative estimate of drug-likeness (QED) is 0.419. The van der Waals surface area contributed by atoms with E-state index >= 15 is 0 Å². The van der Waals surface area contributed by atoms with E-state index < -0.39 is 13.9 Å². The van der Waals surface area contributed by atoms with Crippen molar-refractivity contribution in [1.29, 1.82) is 5.26 Å². The molecule has 2 aromatic carbocycles. The zero-order valence-electron chi connectivity index (χ0n) is 22.6. The molecule has 2 heterocycles. The molecule has 2 fully saturated rings. The van der Waals surface area contributed by atoms with Crippen LogP contribution in [0.3, 0.4) is 0 Å². The second-order valence-corrected chi connectivity index (χ2v) is 15.7. The molecule has 0 amide bonds. The summed E-state index contributed by atoms with van der Waals surface area (Å²) in [6.45, 7) is 6.55. The van der Waals surface area contributed by atoms with Crippen molar-refractivity contribution in [2.75, 3.05) is 6.61 Å². The first-order chi connectivity index (χ1) is 17.7. The van der Waals surface area contributed by atoms with Gasteiger partial charge in [-0.2, -0.15) is 5.26 Å². The van der Waals surface area contributed by atoms with Gasteiger partial charge >= 0.3 is 0 Å². The first-order valence-electron chi connectivity index (χ1n) is 13.9. The highest BCUT2D eigenvalue weighted by Gasteiger charge is 2.56. The molecule has 4 unspecified atom stereocenters. The molecular formula is C31H43NO4Si. The summed E-state index contributed by atoms with van der Waals surface area (Å²) in [5.74, 6) is -0.0452. The third-order valence-electron chi connectivity index (χ3n) is 8.73. The van der Waals surface area contributed by atoms with Gasteiger partial charge in [-0.3, -0.25) is 0 Å². The van der Waals surface area contributed by atoms with Crippen molar-refractivity contribution in [3.63, 3.8) is 0 Å². The number of aliphatic hydroxyl groups is 1. The van der Waals surface area contributed by atoms with Crippen molar-refractivity contribution in [3.8, 4) is 6.07 Å². The van der Waals surface area contributed by atoms with Gasteiger partial charge in [0.1, 0.15) is 0 Å². The van der Waals surface area contributed by atoms with Gasteiger partial charge in [0, 0.05) is 18.9 Å². The van der Waals surface area contributed by atoms with Crippen LogP contribution >= 0.6 is 0 Å². The molecule has 5 atom stereocenters. The van der Waals surface area contributed by atoms with Gasteiger partial charge in [-0.15, -0.1) is 0 Å². The van der Waals surface area contributed by atoms with E-state index in [1.165, 1.54) is 0 Å². The van der Waals surface area contributed by atoms with Crippen LogP contribution in [0.5, 0.6) is 0 Å². The highest BCUT2D eigenvalue weighted by Crippen LogP contribution is 2.50. The van der Waals surface area contributed by atoms with Crippen LogP contribution in [0.4, 0.5) is 0 Å². The van der Waals surface area contributed by atoms with Crippen LogP contribution in [0.15, 0.2) is 60.7 Å². The van der Waals surface area contributed by atoms with Gasteiger partial charge in [-0.05, 0) is 67.3 Å². The van der Waals surface area contributed by atoms with E-state index in [2.05, 4.69) is 44.2 Å². The average Bonchev–Trinajstić information content (AvgIpc) is 3.29. The van der Waals surface area contributed by atoms with Crippen molar-refractivity contribution >= 4 is 18.7 Å². The van der Waals surface area contributed by atoms with Gasteiger partial charge < -0.3 is 19.4 Å². The normalized spacial score (nSPS) is 26.9. The molecule has 2 aliphatic heterocycles. The predicted molar refractivity (Wildman–Crippen MR) is 149 cm³/mol. The van der Waals surface area contributed by atoms with Crippen molar-refractivity contribution in [3.05, 3.63) is 60.7 Å². The molecule has 0 saturated carbocycles. The molecule has 2 aliphatic rings. The molecule has 2 N–H and O–H groups in total.